The van der Waals surface area contributed by atoms with Crippen molar-refractivity contribution in [1.82, 2.24) is 0 Å². The lowest BCUT2D eigenvalue weighted by Gasteiger charge is -2.12. The highest BCUT2D eigenvalue weighted by Crippen LogP contribution is 2.30. The zero-order chi connectivity index (χ0) is 22.2. The molecule has 0 spiro atoms. The van der Waals surface area contributed by atoms with Crippen LogP contribution in [0.2, 0.25) is 0 Å². The number of rotatable bonds is 7. The molecule has 0 aliphatic rings. The second-order valence-corrected chi connectivity index (χ2v) is 7.08. The second kappa shape index (κ2) is 10.1. The lowest BCUT2D eigenvalue weighted by Crippen LogP contribution is -2.15. The third-order valence-electron chi connectivity index (χ3n) is 4.82. The van der Waals surface area contributed by atoms with E-state index in [2.05, 4.69) is 5.32 Å². The lowest BCUT2D eigenvalue weighted by molar-refractivity contribution is -0.112. The van der Waals surface area contributed by atoms with Gasteiger partial charge in [-0.25, -0.2) is 0 Å². The number of hydrogen-bond acceptors (Lipinski definition) is 4. The molecule has 0 aliphatic carbocycles. The number of nitriles is 1. The third kappa shape index (κ3) is 5.52. The number of benzene rings is 3. The summed E-state index contributed by atoms with van der Waals surface area (Å²) in [4.78, 5) is 12.7. The number of anilines is 1. The number of para-hydroxylation sites is 1. The van der Waals surface area contributed by atoms with Gasteiger partial charge in [0, 0.05) is 5.69 Å². The Morgan fingerprint density at radius 2 is 1.71 bits per heavy atom. The van der Waals surface area contributed by atoms with Gasteiger partial charge < -0.3 is 14.8 Å². The van der Waals surface area contributed by atoms with Crippen LogP contribution in [-0.2, 0) is 11.4 Å². The molecule has 1 amide bonds. The van der Waals surface area contributed by atoms with Crippen LogP contribution in [0.15, 0.2) is 72.3 Å². The molecule has 0 fully saturated rings. The molecule has 0 heterocycles. The Bertz CT molecular complexity index is 1120. The van der Waals surface area contributed by atoms with Gasteiger partial charge >= 0.3 is 0 Å². The number of hydrogen-bond donors (Lipinski definition) is 1. The van der Waals surface area contributed by atoms with E-state index < -0.39 is 5.91 Å². The predicted molar refractivity (Wildman–Crippen MR) is 122 cm³/mol. The number of carbonyl (C=O) groups is 1. The van der Waals surface area contributed by atoms with Crippen molar-refractivity contribution >= 4 is 17.7 Å². The number of carbonyl (C=O) groups excluding carboxylic acids is 1. The van der Waals surface area contributed by atoms with E-state index in [0.717, 1.165) is 22.4 Å². The molecule has 0 bridgehead atoms. The fraction of sp³-hybridized carbons (Fsp3) is 0.154. The SMILES string of the molecule is COc1cc(/C=C(/C#N)C(=O)Nc2c(C)cccc2C)ccc1OCc1ccccc1. The van der Waals surface area contributed by atoms with Gasteiger partial charge in [0.15, 0.2) is 11.5 Å². The van der Waals surface area contributed by atoms with E-state index in [4.69, 9.17) is 9.47 Å². The van der Waals surface area contributed by atoms with E-state index in [0.29, 0.717) is 23.7 Å². The first-order valence-electron chi connectivity index (χ1n) is 9.86. The Hall–Kier alpha value is -4.04. The standard InChI is InChI=1S/C26H24N2O3/c1-18-8-7-9-19(2)25(18)28-26(29)22(16-27)14-21-12-13-23(24(15-21)30-3)31-17-20-10-5-4-6-11-20/h4-15H,17H2,1-3H3,(H,28,29)/b22-14-. The summed E-state index contributed by atoms with van der Waals surface area (Å²) in [5.41, 5.74) is 4.30. The molecule has 0 saturated heterocycles. The van der Waals surface area contributed by atoms with Gasteiger partial charge in [-0.3, -0.25) is 4.79 Å². The van der Waals surface area contributed by atoms with Crippen LogP contribution in [0.25, 0.3) is 6.08 Å². The van der Waals surface area contributed by atoms with Crippen LogP contribution in [0.5, 0.6) is 11.5 Å². The molecule has 5 nitrogen and oxygen atoms in total. The summed E-state index contributed by atoms with van der Waals surface area (Å²) in [7, 11) is 1.55. The summed E-state index contributed by atoms with van der Waals surface area (Å²) in [5.74, 6) is 0.655. The van der Waals surface area contributed by atoms with Crippen LogP contribution < -0.4 is 14.8 Å². The molecule has 3 aromatic carbocycles. The van der Waals surface area contributed by atoms with E-state index >= 15 is 0 Å². The van der Waals surface area contributed by atoms with Crippen molar-refractivity contribution in [1.29, 1.82) is 5.26 Å². The number of amides is 1. The first-order chi connectivity index (χ1) is 15.0. The summed E-state index contributed by atoms with van der Waals surface area (Å²) in [6, 6.07) is 22.9. The van der Waals surface area contributed by atoms with Crippen molar-refractivity contribution in [3.05, 3.63) is 94.6 Å². The Kier molecular flexibility index (Phi) is 7.08. The Balaban J connectivity index is 1.78. The first kappa shape index (κ1) is 21.7. The smallest absolute Gasteiger partial charge is 0.266 e. The molecule has 5 heteroatoms. The van der Waals surface area contributed by atoms with E-state index in [1.165, 1.54) is 6.08 Å². The van der Waals surface area contributed by atoms with Crippen molar-refractivity contribution in [2.75, 3.05) is 12.4 Å². The third-order valence-corrected chi connectivity index (χ3v) is 4.82. The summed E-state index contributed by atoms with van der Waals surface area (Å²) in [6.07, 6.45) is 1.53. The van der Waals surface area contributed by atoms with Gasteiger partial charge in [0.1, 0.15) is 18.2 Å². The highest BCUT2D eigenvalue weighted by molar-refractivity contribution is 6.10. The maximum absolute atomic E-state index is 12.7. The Morgan fingerprint density at radius 1 is 1.00 bits per heavy atom. The average Bonchev–Trinajstić information content (AvgIpc) is 2.79. The number of methoxy groups -OCH3 is 1. The van der Waals surface area contributed by atoms with Crippen molar-refractivity contribution < 1.29 is 14.3 Å². The molecule has 0 aromatic heterocycles. The number of nitrogens with one attached hydrogen (secondary N) is 1. The van der Waals surface area contributed by atoms with Gasteiger partial charge in [-0.05, 0) is 54.3 Å². The van der Waals surface area contributed by atoms with E-state index in [1.807, 2.05) is 68.4 Å². The number of aryl methyl sites for hydroxylation is 2. The molecule has 31 heavy (non-hydrogen) atoms. The van der Waals surface area contributed by atoms with Gasteiger partial charge in [0.05, 0.1) is 7.11 Å². The molecule has 1 N–H and O–H groups in total. The first-order valence-corrected chi connectivity index (χ1v) is 9.86. The molecule has 0 atom stereocenters. The van der Waals surface area contributed by atoms with Gasteiger partial charge in [0.25, 0.3) is 5.91 Å². The quantitative estimate of drug-likeness (QED) is 0.414. The second-order valence-electron chi connectivity index (χ2n) is 7.08. The molecule has 0 radical (unpaired) electrons. The molecule has 3 aromatic rings. The molecular formula is C26H24N2O3. The Labute approximate surface area is 182 Å². The summed E-state index contributed by atoms with van der Waals surface area (Å²) < 4.78 is 11.3. The van der Waals surface area contributed by atoms with Crippen molar-refractivity contribution in [2.45, 2.75) is 20.5 Å². The van der Waals surface area contributed by atoms with Gasteiger partial charge in [-0.15, -0.1) is 0 Å². The van der Waals surface area contributed by atoms with Crippen LogP contribution >= 0.6 is 0 Å². The monoisotopic (exact) mass is 412 g/mol. The number of nitrogens with zero attached hydrogens (tertiary/aromatic N) is 1. The van der Waals surface area contributed by atoms with Gasteiger partial charge in [-0.2, -0.15) is 5.26 Å². The highest BCUT2D eigenvalue weighted by atomic mass is 16.5. The van der Waals surface area contributed by atoms with E-state index in [1.54, 1.807) is 25.3 Å². The summed E-state index contributed by atoms with van der Waals surface area (Å²) in [6.45, 7) is 4.24. The van der Waals surface area contributed by atoms with Crippen molar-refractivity contribution in [3.8, 4) is 17.6 Å². The topological polar surface area (TPSA) is 71.3 Å². The minimum Gasteiger partial charge on any atom is -0.493 e. The Morgan fingerprint density at radius 3 is 2.35 bits per heavy atom. The average molecular weight is 412 g/mol. The van der Waals surface area contributed by atoms with Crippen LogP contribution in [0.3, 0.4) is 0 Å². The van der Waals surface area contributed by atoms with Gasteiger partial charge in [0.2, 0.25) is 0 Å². The minimum absolute atomic E-state index is 0.00246. The largest absolute Gasteiger partial charge is 0.493 e. The van der Waals surface area contributed by atoms with Gasteiger partial charge in [-0.1, -0.05) is 54.6 Å². The zero-order valence-corrected chi connectivity index (χ0v) is 17.8. The number of ether oxygens (including phenoxy) is 2. The molecule has 156 valence electrons. The van der Waals surface area contributed by atoms with Crippen LogP contribution in [0, 0.1) is 25.2 Å². The zero-order valence-electron chi connectivity index (χ0n) is 17.8. The van der Waals surface area contributed by atoms with Crippen LogP contribution in [0.4, 0.5) is 5.69 Å². The molecular weight excluding hydrogens is 388 g/mol. The van der Waals surface area contributed by atoms with Crippen molar-refractivity contribution in [2.24, 2.45) is 0 Å². The lowest BCUT2D eigenvalue weighted by atomic mass is 10.1. The van der Waals surface area contributed by atoms with Crippen LogP contribution in [-0.4, -0.2) is 13.0 Å². The predicted octanol–water partition coefficient (Wildman–Crippen LogP) is 5.44. The highest BCUT2D eigenvalue weighted by Gasteiger charge is 2.13. The summed E-state index contributed by atoms with van der Waals surface area (Å²) in [5, 5.41) is 12.4. The molecule has 3 rings (SSSR count). The fourth-order valence-electron chi connectivity index (χ4n) is 3.14. The van der Waals surface area contributed by atoms with Crippen molar-refractivity contribution in [3.63, 3.8) is 0 Å². The van der Waals surface area contributed by atoms with E-state index in [-0.39, 0.29) is 5.57 Å². The minimum atomic E-state index is -0.455. The van der Waals surface area contributed by atoms with E-state index in [9.17, 15) is 10.1 Å². The van der Waals surface area contributed by atoms with Crippen LogP contribution in [0.1, 0.15) is 22.3 Å². The maximum Gasteiger partial charge on any atom is 0.266 e. The maximum atomic E-state index is 12.7. The fourth-order valence-corrected chi connectivity index (χ4v) is 3.14. The molecule has 0 saturated carbocycles. The summed E-state index contributed by atoms with van der Waals surface area (Å²) >= 11 is 0. The normalized spacial score (nSPS) is 10.8. The molecule has 0 aliphatic heterocycles. The molecule has 0 unspecified atom stereocenters.